The number of carbonyl (C=O) groups is 1. The Morgan fingerprint density at radius 1 is 1.31 bits per heavy atom. The van der Waals surface area contributed by atoms with E-state index in [2.05, 4.69) is 43.7 Å². The molecule has 2 nitrogen and oxygen atoms in total. The molecule has 0 fully saturated rings. The number of aromatic nitrogens is 1. The highest BCUT2D eigenvalue weighted by Crippen LogP contribution is 2.27. The monoisotopic (exact) mass is 215 g/mol. The van der Waals surface area contributed by atoms with Gasteiger partial charge in [0.05, 0.1) is 5.52 Å². The lowest BCUT2D eigenvalue weighted by Gasteiger charge is -2.01. The van der Waals surface area contributed by atoms with Gasteiger partial charge in [0, 0.05) is 24.5 Å². The van der Waals surface area contributed by atoms with E-state index in [4.69, 9.17) is 0 Å². The number of benzene rings is 1. The maximum absolute atomic E-state index is 11.3. The van der Waals surface area contributed by atoms with Crippen molar-refractivity contribution in [1.82, 2.24) is 4.57 Å². The van der Waals surface area contributed by atoms with Gasteiger partial charge in [0.25, 0.3) is 0 Å². The Morgan fingerprint density at radius 2 is 2.00 bits per heavy atom. The second kappa shape index (κ2) is 3.78. The fourth-order valence-corrected chi connectivity index (χ4v) is 2.38. The number of Topliss-reactive ketones (excluding diaryl/α,β-unsaturated/α-hetero) is 1. The molecule has 0 aliphatic carbocycles. The zero-order chi connectivity index (χ0) is 11.9. The summed E-state index contributed by atoms with van der Waals surface area (Å²) in [5, 5.41) is 1.22. The van der Waals surface area contributed by atoms with Crippen molar-refractivity contribution < 1.29 is 4.79 Å². The van der Waals surface area contributed by atoms with Crippen LogP contribution >= 0.6 is 0 Å². The van der Waals surface area contributed by atoms with Crippen LogP contribution in [-0.4, -0.2) is 10.4 Å². The number of carbonyl (C=O) groups excluding carboxylic acids is 1. The molecule has 0 N–H and O–H groups in total. The molecule has 84 valence electrons. The van der Waals surface area contributed by atoms with Crippen LogP contribution in [0, 0.1) is 13.8 Å². The van der Waals surface area contributed by atoms with Crippen molar-refractivity contribution in [1.29, 1.82) is 0 Å². The summed E-state index contributed by atoms with van der Waals surface area (Å²) >= 11 is 0. The maximum atomic E-state index is 11.3. The Morgan fingerprint density at radius 3 is 2.62 bits per heavy atom. The number of hydrogen-bond acceptors (Lipinski definition) is 1. The van der Waals surface area contributed by atoms with E-state index in [9.17, 15) is 4.79 Å². The second-order valence-electron chi connectivity index (χ2n) is 4.47. The highest BCUT2D eigenvalue weighted by Gasteiger charge is 2.13. The van der Waals surface area contributed by atoms with Crippen LogP contribution in [0.4, 0.5) is 0 Å². The fourth-order valence-electron chi connectivity index (χ4n) is 2.38. The van der Waals surface area contributed by atoms with Gasteiger partial charge in [-0.3, -0.25) is 4.79 Å². The molecule has 2 heteroatoms. The Hall–Kier alpha value is -1.57. The summed E-state index contributed by atoms with van der Waals surface area (Å²) in [6.45, 7) is 5.84. The molecule has 0 radical (unpaired) electrons. The molecule has 0 amide bonds. The van der Waals surface area contributed by atoms with Gasteiger partial charge in [-0.2, -0.15) is 0 Å². The van der Waals surface area contributed by atoms with Gasteiger partial charge in [0.15, 0.2) is 0 Å². The van der Waals surface area contributed by atoms with E-state index in [-0.39, 0.29) is 5.78 Å². The predicted molar refractivity (Wildman–Crippen MR) is 66.8 cm³/mol. The third-order valence-corrected chi connectivity index (χ3v) is 3.26. The first kappa shape index (κ1) is 10.9. The van der Waals surface area contributed by atoms with E-state index in [1.54, 1.807) is 6.92 Å². The molecule has 0 bridgehead atoms. The van der Waals surface area contributed by atoms with Crippen LogP contribution in [0.3, 0.4) is 0 Å². The van der Waals surface area contributed by atoms with Crippen molar-refractivity contribution in [3.8, 4) is 0 Å². The number of ketones is 1. The van der Waals surface area contributed by atoms with E-state index in [0.29, 0.717) is 6.42 Å². The molecule has 0 aliphatic rings. The summed E-state index contributed by atoms with van der Waals surface area (Å²) in [6.07, 6.45) is 0.534. The Labute approximate surface area is 95.9 Å². The predicted octanol–water partition coefficient (Wildman–Crippen LogP) is 2.93. The van der Waals surface area contributed by atoms with E-state index in [1.165, 1.54) is 27.7 Å². The standard InChI is InChI=1S/C14H17NO/c1-9-6-5-7-12-13(8-10(2)16)11(3)15(4)14(9)12/h5-7H,8H2,1-4H3. The first-order chi connectivity index (χ1) is 7.52. The molecule has 1 aromatic carbocycles. The third kappa shape index (κ3) is 1.54. The minimum Gasteiger partial charge on any atom is -0.347 e. The van der Waals surface area contributed by atoms with Crippen molar-refractivity contribution in [2.45, 2.75) is 27.2 Å². The summed E-state index contributed by atoms with van der Waals surface area (Å²) in [4.78, 5) is 11.3. The molecule has 2 rings (SSSR count). The molecule has 0 unspecified atom stereocenters. The summed E-state index contributed by atoms with van der Waals surface area (Å²) in [5.41, 5.74) is 4.88. The molecule has 1 heterocycles. The Bertz CT molecular complexity index is 564. The molecule has 0 saturated heterocycles. The first-order valence-corrected chi connectivity index (χ1v) is 5.55. The minimum absolute atomic E-state index is 0.220. The molecular formula is C14H17NO. The summed E-state index contributed by atoms with van der Waals surface area (Å²) in [6, 6.07) is 6.27. The average Bonchev–Trinajstić information content (AvgIpc) is 2.44. The quantitative estimate of drug-likeness (QED) is 0.755. The lowest BCUT2D eigenvalue weighted by atomic mass is 10.0. The number of hydrogen-bond donors (Lipinski definition) is 0. The van der Waals surface area contributed by atoms with Crippen molar-refractivity contribution in [3.05, 3.63) is 35.0 Å². The van der Waals surface area contributed by atoms with Crippen molar-refractivity contribution >= 4 is 16.7 Å². The smallest absolute Gasteiger partial charge is 0.134 e. The first-order valence-electron chi connectivity index (χ1n) is 5.55. The van der Waals surface area contributed by atoms with Gasteiger partial charge in [0.1, 0.15) is 5.78 Å². The van der Waals surface area contributed by atoms with Gasteiger partial charge in [-0.15, -0.1) is 0 Å². The Kier molecular flexibility index (Phi) is 2.58. The molecule has 2 aromatic rings. The van der Waals surface area contributed by atoms with Crippen LogP contribution in [-0.2, 0) is 18.3 Å². The number of fused-ring (bicyclic) bond motifs is 1. The van der Waals surface area contributed by atoms with Gasteiger partial charge in [-0.25, -0.2) is 0 Å². The minimum atomic E-state index is 0.220. The van der Waals surface area contributed by atoms with Gasteiger partial charge in [0.2, 0.25) is 0 Å². The molecule has 0 saturated carbocycles. The highest BCUT2D eigenvalue weighted by atomic mass is 16.1. The summed E-state index contributed by atoms with van der Waals surface area (Å²) < 4.78 is 2.18. The molecular weight excluding hydrogens is 198 g/mol. The van der Waals surface area contributed by atoms with E-state index in [0.717, 1.165) is 0 Å². The van der Waals surface area contributed by atoms with Crippen molar-refractivity contribution in [3.63, 3.8) is 0 Å². The highest BCUT2D eigenvalue weighted by molar-refractivity contribution is 5.92. The van der Waals surface area contributed by atoms with Gasteiger partial charge >= 0.3 is 0 Å². The zero-order valence-corrected chi connectivity index (χ0v) is 10.3. The summed E-state index contributed by atoms with van der Waals surface area (Å²) in [5.74, 6) is 0.220. The molecule has 0 spiro atoms. The third-order valence-electron chi connectivity index (χ3n) is 3.26. The van der Waals surface area contributed by atoms with E-state index >= 15 is 0 Å². The van der Waals surface area contributed by atoms with Crippen LogP contribution in [0.1, 0.15) is 23.7 Å². The van der Waals surface area contributed by atoms with E-state index < -0.39 is 0 Å². The van der Waals surface area contributed by atoms with Crippen LogP contribution < -0.4 is 0 Å². The van der Waals surface area contributed by atoms with Gasteiger partial charge in [-0.1, -0.05) is 18.2 Å². The number of nitrogens with zero attached hydrogens (tertiary/aromatic N) is 1. The largest absolute Gasteiger partial charge is 0.347 e. The molecule has 0 atom stereocenters. The normalized spacial score (nSPS) is 11.0. The second-order valence-corrected chi connectivity index (χ2v) is 4.47. The number of para-hydroxylation sites is 1. The fraction of sp³-hybridized carbons (Fsp3) is 0.357. The zero-order valence-electron chi connectivity index (χ0n) is 10.3. The molecule has 1 aromatic heterocycles. The molecule has 16 heavy (non-hydrogen) atoms. The summed E-state index contributed by atoms with van der Waals surface area (Å²) in [7, 11) is 2.06. The van der Waals surface area contributed by atoms with Crippen molar-refractivity contribution in [2.75, 3.05) is 0 Å². The Balaban J connectivity index is 2.79. The number of rotatable bonds is 2. The maximum Gasteiger partial charge on any atom is 0.134 e. The van der Waals surface area contributed by atoms with Crippen LogP contribution in [0.5, 0.6) is 0 Å². The van der Waals surface area contributed by atoms with Gasteiger partial charge < -0.3 is 4.57 Å². The van der Waals surface area contributed by atoms with Gasteiger partial charge in [-0.05, 0) is 31.9 Å². The molecule has 0 aliphatic heterocycles. The van der Waals surface area contributed by atoms with E-state index in [1.807, 2.05) is 0 Å². The van der Waals surface area contributed by atoms with Crippen molar-refractivity contribution in [2.24, 2.45) is 7.05 Å². The number of aryl methyl sites for hydroxylation is 2. The van der Waals surface area contributed by atoms with Crippen LogP contribution in [0.2, 0.25) is 0 Å². The lowest BCUT2D eigenvalue weighted by Crippen LogP contribution is -1.99. The lowest BCUT2D eigenvalue weighted by molar-refractivity contribution is -0.116. The van der Waals surface area contributed by atoms with Crippen LogP contribution in [0.25, 0.3) is 10.9 Å². The average molecular weight is 215 g/mol. The topological polar surface area (TPSA) is 22.0 Å². The van der Waals surface area contributed by atoms with Crippen LogP contribution in [0.15, 0.2) is 18.2 Å². The SMILES string of the molecule is CC(=O)Cc1c(C)n(C)c2c(C)cccc12.